The van der Waals surface area contributed by atoms with Crippen molar-refractivity contribution in [2.45, 2.75) is 32.5 Å². The highest BCUT2D eigenvalue weighted by molar-refractivity contribution is 5.69. The monoisotopic (exact) mass is 311 g/mol. The fourth-order valence-corrected chi connectivity index (χ4v) is 2.63. The minimum absolute atomic E-state index is 0.00430. The molecule has 3 rings (SSSR count). The lowest BCUT2D eigenvalue weighted by molar-refractivity contribution is 0.217. The van der Waals surface area contributed by atoms with Gasteiger partial charge in [-0.15, -0.1) is 5.73 Å². The largest absolute Gasteiger partial charge is 0.490 e. The van der Waals surface area contributed by atoms with Crippen molar-refractivity contribution in [2.75, 3.05) is 13.1 Å². The molecule has 0 aliphatic carbocycles. The van der Waals surface area contributed by atoms with Crippen LogP contribution in [0.1, 0.15) is 20.3 Å². The Labute approximate surface area is 136 Å². The van der Waals surface area contributed by atoms with E-state index in [9.17, 15) is 5.73 Å². The molecule has 23 heavy (non-hydrogen) atoms. The number of hydrogen-bond donors (Lipinski definition) is 1. The number of pyridine rings is 1. The van der Waals surface area contributed by atoms with Gasteiger partial charge in [-0.3, -0.25) is 0 Å². The Morgan fingerprint density at radius 2 is 2.13 bits per heavy atom. The average Bonchev–Trinajstić information content (AvgIpc) is 3.00. The van der Waals surface area contributed by atoms with Gasteiger partial charge in [0, 0.05) is 18.2 Å². The number of hydrogen-bond acceptors (Lipinski definition) is 4. The molecule has 5 heteroatoms. The molecule has 5 nitrogen and oxygen atoms in total. The summed E-state index contributed by atoms with van der Waals surface area (Å²) in [5, 5.41) is 3.29. The van der Waals surface area contributed by atoms with E-state index in [1.807, 2.05) is 38.1 Å². The van der Waals surface area contributed by atoms with E-state index in [0.29, 0.717) is 11.4 Å². The molecule has 2 heterocycles. The van der Waals surface area contributed by atoms with Crippen LogP contribution >= 0.6 is 0 Å². The first-order chi connectivity index (χ1) is 11.1. The Hall–Kier alpha value is -2.27. The van der Waals surface area contributed by atoms with Gasteiger partial charge in [0.2, 0.25) is 0 Å². The third-order valence-electron chi connectivity index (χ3n) is 3.64. The molecule has 1 aliphatic rings. The van der Waals surface area contributed by atoms with Crippen LogP contribution in [0.3, 0.4) is 0 Å². The topological polar surface area (TPSA) is 65.7 Å². The van der Waals surface area contributed by atoms with Crippen LogP contribution in [0, 0.1) is 0 Å². The fourth-order valence-electron chi connectivity index (χ4n) is 2.63. The maximum absolute atomic E-state index is 9.61. The van der Waals surface area contributed by atoms with Gasteiger partial charge < -0.3 is 14.8 Å². The average molecular weight is 311 g/mol. The van der Waals surface area contributed by atoms with Crippen LogP contribution in [0.25, 0.3) is 11.3 Å². The maximum atomic E-state index is 9.61. The number of benzene rings is 1. The Kier molecular flexibility index (Phi) is 4.67. The number of nitrogens with zero attached hydrogens (tertiary/aromatic N) is 2. The van der Waals surface area contributed by atoms with E-state index >= 15 is 0 Å². The Morgan fingerprint density at radius 1 is 1.26 bits per heavy atom. The molecule has 1 atom stereocenters. The maximum Gasteiger partial charge on any atom is 0.175 e. The van der Waals surface area contributed by atoms with E-state index in [0.717, 1.165) is 30.8 Å². The van der Waals surface area contributed by atoms with Crippen molar-refractivity contribution in [1.29, 1.82) is 0 Å². The molecule has 1 aromatic carbocycles. The summed E-state index contributed by atoms with van der Waals surface area (Å²) >= 11 is 0. The van der Waals surface area contributed by atoms with Crippen molar-refractivity contribution in [1.82, 2.24) is 16.0 Å². The molecule has 1 aromatic heterocycles. The highest BCUT2D eigenvalue weighted by Crippen LogP contribution is 2.34. The summed E-state index contributed by atoms with van der Waals surface area (Å²) in [6, 6.07) is 10.9. The molecule has 1 aliphatic heterocycles. The first kappa shape index (κ1) is 15.6. The zero-order valence-electron chi connectivity index (χ0n) is 13.5. The molecule has 120 valence electrons. The minimum Gasteiger partial charge on any atom is -0.490 e. The number of aromatic nitrogens is 1. The van der Waals surface area contributed by atoms with Crippen molar-refractivity contribution < 1.29 is 9.47 Å². The van der Waals surface area contributed by atoms with Crippen molar-refractivity contribution in [3.8, 4) is 22.8 Å². The highest BCUT2D eigenvalue weighted by Gasteiger charge is 2.17. The van der Waals surface area contributed by atoms with Gasteiger partial charge >= 0.3 is 0 Å². The van der Waals surface area contributed by atoms with Gasteiger partial charge in [0.1, 0.15) is 17.6 Å². The van der Waals surface area contributed by atoms with Crippen LogP contribution in [0.15, 0.2) is 36.4 Å². The summed E-state index contributed by atoms with van der Waals surface area (Å²) in [5.74, 6) is 1.50. The van der Waals surface area contributed by atoms with Gasteiger partial charge in [-0.2, -0.15) is 0 Å². The normalized spacial score (nSPS) is 17.4. The van der Waals surface area contributed by atoms with Crippen LogP contribution in [-0.4, -0.2) is 30.3 Å². The third kappa shape index (κ3) is 3.93. The van der Waals surface area contributed by atoms with Crippen LogP contribution in [0.2, 0.25) is 0 Å². The second-order valence-corrected chi connectivity index (χ2v) is 5.94. The SMILES string of the molecule is CC(C)Oc1cc(OC2CCNC2)ccc1-c1cccc([N])n1. The fraction of sp³-hybridized carbons (Fsp3) is 0.389. The smallest absolute Gasteiger partial charge is 0.175 e. The van der Waals surface area contributed by atoms with Gasteiger partial charge in [-0.25, -0.2) is 4.98 Å². The Morgan fingerprint density at radius 3 is 2.83 bits per heavy atom. The molecule has 0 amide bonds. The van der Waals surface area contributed by atoms with Crippen molar-refractivity contribution in [2.24, 2.45) is 0 Å². The van der Waals surface area contributed by atoms with Gasteiger partial charge in [-0.1, -0.05) is 6.07 Å². The van der Waals surface area contributed by atoms with Crippen LogP contribution < -0.4 is 20.5 Å². The van der Waals surface area contributed by atoms with E-state index in [-0.39, 0.29) is 18.0 Å². The van der Waals surface area contributed by atoms with E-state index in [2.05, 4.69) is 10.3 Å². The molecule has 1 fully saturated rings. The molecular weight excluding hydrogens is 290 g/mol. The lowest BCUT2D eigenvalue weighted by atomic mass is 10.1. The highest BCUT2D eigenvalue weighted by atomic mass is 16.5. The Bertz CT molecular complexity index is 667. The van der Waals surface area contributed by atoms with Crippen molar-refractivity contribution in [3.05, 3.63) is 36.4 Å². The summed E-state index contributed by atoms with van der Waals surface area (Å²) in [6.45, 7) is 5.82. The number of rotatable bonds is 5. The third-order valence-corrected chi connectivity index (χ3v) is 3.64. The first-order valence-corrected chi connectivity index (χ1v) is 7.96. The predicted molar refractivity (Wildman–Crippen MR) is 89.1 cm³/mol. The lowest BCUT2D eigenvalue weighted by Gasteiger charge is -2.18. The molecule has 2 radical (unpaired) electrons. The summed E-state index contributed by atoms with van der Waals surface area (Å²) in [7, 11) is 0. The van der Waals surface area contributed by atoms with Crippen LogP contribution in [0.5, 0.6) is 11.5 Å². The molecule has 1 unspecified atom stereocenters. The quantitative estimate of drug-likeness (QED) is 0.922. The number of nitrogens with one attached hydrogen (secondary N) is 1. The molecule has 2 aromatic rings. The van der Waals surface area contributed by atoms with Crippen molar-refractivity contribution in [3.63, 3.8) is 0 Å². The minimum atomic E-state index is -0.00430. The molecular formula is C18H21N3O2. The van der Waals surface area contributed by atoms with Crippen LogP contribution in [-0.2, 0) is 0 Å². The zero-order valence-corrected chi connectivity index (χ0v) is 13.5. The molecule has 0 bridgehead atoms. The standard InChI is InChI=1S/C18H21N3O2/c1-12(2)22-17-10-13(23-14-8-9-20-11-14)6-7-15(17)16-4-3-5-18(19)21-16/h3-7,10,12,14,20H,8-9,11H2,1-2H3. The molecule has 1 saturated heterocycles. The van der Waals surface area contributed by atoms with E-state index in [4.69, 9.17) is 9.47 Å². The van der Waals surface area contributed by atoms with Crippen molar-refractivity contribution >= 4 is 5.82 Å². The van der Waals surface area contributed by atoms with Gasteiger partial charge in [0.05, 0.1) is 11.8 Å². The second kappa shape index (κ2) is 6.87. The van der Waals surface area contributed by atoms with Crippen LogP contribution in [0.4, 0.5) is 5.82 Å². The molecule has 0 spiro atoms. The van der Waals surface area contributed by atoms with Gasteiger partial charge in [0.25, 0.3) is 0 Å². The van der Waals surface area contributed by atoms with E-state index in [1.54, 1.807) is 12.1 Å². The summed E-state index contributed by atoms with van der Waals surface area (Å²) < 4.78 is 11.9. The van der Waals surface area contributed by atoms with Gasteiger partial charge in [0.15, 0.2) is 5.82 Å². The number of ether oxygens (including phenoxy) is 2. The lowest BCUT2D eigenvalue weighted by Crippen LogP contribution is -2.19. The molecule has 0 saturated carbocycles. The zero-order chi connectivity index (χ0) is 16.2. The summed E-state index contributed by atoms with van der Waals surface area (Å²) in [6.07, 6.45) is 1.25. The summed E-state index contributed by atoms with van der Waals surface area (Å²) in [4.78, 5) is 4.17. The first-order valence-electron chi connectivity index (χ1n) is 7.96. The second-order valence-electron chi connectivity index (χ2n) is 5.94. The predicted octanol–water partition coefficient (Wildman–Crippen LogP) is 2.98. The van der Waals surface area contributed by atoms with E-state index < -0.39 is 0 Å². The Balaban J connectivity index is 1.91. The van der Waals surface area contributed by atoms with Gasteiger partial charge in [-0.05, 0) is 51.1 Å². The summed E-state index contributed by atoms with van der Waals surface area (Å²) in [5.41, 5.74) is 11.1. The van der Waals surface area contributed by atoms with E-state index in [1.165, 1.54) is 0 Å². The molecule has 1 N–H and O–H groups in total.